The molecule has 1 fully saturated rings. The van der Waals surface area contributed by atoms with E-state index in [9.17, 15) is 5.11 Å². The number of guanidine groups is 1. The van der Waals surface area contributed by atoms with Crippen LogP contribution in [0.3, 0.4) is 0 Å². The maximum Gasteiger partial charge on any atom is 0.191 e. The number of nitrogens with one attached hydrogen (secondary N) is 2. The summed E-state index contributed by atoms with van der Waals surface area (Å²) >= 11 is 0. The Balaban J connectivity index is 0.00000338. The topological polar surface area (TPSA) is 69.1 Å². The third kappa shape index (κ3) is 8.55. The molecular formula is C19H33IN4O2. The van der Waals surface area contributed by atoms with E-state index in [1.807, 2.05) is 24.3 Å². The first-order chi connectivity index (χ1) is 12.2. The average Bonchev–Trinajstić information content (AvgIpc) is 2.65. The number of nitrogens with zero attached hydrogens (tertiary/aromatic N) is 2. The van der Waals surface area contributed by atoms with Crippen LogP contribution in [0.1, 0.15) is 31.7 Å². The first-order valence-electron chi connectivity index (χ1n) is 9.26. The van der Waals surface area contributed by atoms with E-state index in [0.29, 0.717) is 6.54 Å². The first-order valence-corrected chi connectivity index (χ1v) is 9.26. The zero-order chi connectivity index (χ0) is 17.9. The van der Waals surface area contributed by atoms with E-state index in [4.69, 9.17) is 4.74 Å². The minimum absolute atomic E-state index is 0. The lowest BCUT2D eigenvalue weighted by Gasteiger charge is -2.29. The molecule has 1 heterocycles. The number of rotatable bonds is 8. The van der Waals surface area contributed by atoms with Crippen molar-refractivity contribution in [2.24, 2.45) is 4.99 Å². The molecule has 0 aliphatic carbocycles. The largest absolute Gasteiger partial charge is 0.497 e. The molecule has 1 aliphatic heterocycles. The smallest absolute Gasteiger partial charge is 0.191 e. The first kappa shape index (κ1) is 23.0. The van der Waals surface area contributed by atoms with Gasteiger partial charge >= 0.3 is 0 Å². The van der Waals surface area contributed by atoms with Gasteiger partial charge in [-0.3, -0.25) is 0 Å². The third-order valence-corrected chi connectivity index (χ3v) is 4.42. The van der Waals surface area contributed by atoms with E-state index in [1.54, 1.807) is 7.11 Å². The Labute approximate surface area is 174 Å². The van der Waals surface area contributed by atoms with Gasteiger partial charge in [-0.05, 0) is 50.4 Å². The molecule has 1 aromatic rings. The normalized spacial score (nSPS) is 16.0. The molecule has 0 atom stereocenters. The maximum absolute atomic E-state index is 9.54. The van der Waals surface area contributed by atoms with E-state index < -0.39 is 0 Å². The molecule has 7 heteroatoms. The highest BCUT2D eigenvalue weighted by atomic mass is 127. The summed E-state index contributed by atoms with van der Waals surface area (Å²) in [6.45, 7) is 7.54. The van der Waals surface area contributed by atoms with Crippen LogP contribution in [0.5, 0.6) is 5.75 Å². The lowest BCUT2D eigenvalue weighted by Crippen LogP contribution is -2.40. The van der Waals surface area contributed by atoms with Crippen molar-refractivity contribution in [2.75, 3.05) is 39.8 Å². The fourth-order valence-corrected chi connectivity index (χ4v) is 2.90. The van der Waals surface area contributed by atoms with Crippen molar-refractivity contribution >= 4 is 29.9 Å². The molecular weight excluding hydrogens is 443 g/mol. The highest BCUT2D eigenvalue weighted by Crippen LogP contribution is 2.12. The predicted molar refractivity (Wildman–Crippen MR) is 118 cm³/mol. The Morgan fingerprint density at radius 3 is 2.54 bits per heavy atom. The van der Waals surface area contributed by atoms with Gasteiger partial charge < -0.3 is 25.4 Å². The van der Waals surface area contributed by atoms with Crippen LogP contribution in [0.25, 0.3) is 0 Å². The van der Waals surface area contributed by atoms with Crippen LogP contribution in [0, 0.1) is 0 Å². The van der Waals surface area contributed by atoms with E-state index in [2.05, 4.69) is 27.4 Å². The van der Waals surface area contributed by atoms with E-state index in [1.165, 1.54) is 0 Å². The molecule has 148 valence electrons. The van der Waals surface area contributed by atoms with Crippen molar-refractivity contribution < 1.29 is 9.84 Å². The second kappa shape index (κ2) is 13.2. The Kier molecular flexibility index (Phi) is 11.6. The van der Waals surface area contributed by atoms with Crippen molar-refractivity contribution in [3.8, 4) is 5.75 Å². The van der Waals surface area contributed by atoms with Crippen LogP contribution in [-0.2, 0) is 6.54 Å². The minimum atomic E-state index is -0.0974. The number of aliphatic imine (C=N–C) groups is 1. The van der Waals surface area contributed by atoms with Gasteiger partial charge in [0.15, 0.2) is 5.96 Å². The number of halogens is 1. The number of piperidine rings is 1. The second-order valence-corrected chi connectivity index (χ2v) is 6.40. The number of hydrogen-bond acceptors (Lipinski definition) is 4. The molecule has 0 radical (unpaired) electrons. The van der Waals surface area contributed by atoms with Crippen molar-refractivity contribution in [2.45, 2.75) is 38.8 Å². The van der Waals surface area contributed by atoms with Crippen molar-refractivity contribution in [1.82, 2.24) is 15.5 Å². The molecule has 1 aromatic carbocycles. The summed E-state index contributed by atoms with van der Waals surface area (Å²) in [4.78, 5) is 7.07. The highest BCUT2D eigenvalue weighted by Gasteiger charge is 2.15. The minimum Gasteiger partial charge on any atom is -0.497 e. The summed E-state index contributed by atoms with van der Waals surface area (Å²) in [6, 6.07) is 7.99. The summed E-state index contributed by atoms with van der Waals surface area (Å²) in [6.07, 6.45) is 2.78. The Morgan fingerprint density at radius 1 is 1.23 bits per heavy atom. The Morgan fingerprint density at radius 2 is 1.92 bits per heavy atom. The van der Waals surface area contributed by atoms with Crippen molar-refractivity contribution in [3.63, 3.8) is 0 Å². The number of aliphatic hydroxyl groups excluding tert-OH is 1. The third-order valence-electron chi connectivity index (χ3n) is 4.42. The molecule has 3 N–H and O–H groups in total. The zero-order valence-corrected chi connectivity index (χ0v) is 18.2. The number of aliphatic hydroxyl groups is 1. The van der Waals surface area contributed by atoms with Gasteiger partial charge in [0.25, 0.3) is 0 Å². The molecule has 1 aliphatic rings. The lowest BCUT2D eigenvalue weighted by atomic mass is 10.1. The van der Waals surface area contributed by atoms with Crippen LogP contribution in [0.15, 0.2) is 29.3 Å². The second-order valence-electron chi connectivity index (χ2n) is 6.40. The molecule has 2 rings (SSSR count). The molecule has 0 unspecified atom stereocenters. The SMILES string of the molecule is CCNC(=NCc1ccc(OC)cc1)NCCCN1CCC(O)CC1.I. The highest BCUT2D eigenvalue weighted by molar-refractivity contribution is 14.0. The maximum atomic E-state index is 9.54. The summed E-state index contributed by atoms with van der Waals surface area (Å²) in [5.74, 6) is 1.72. The summed E-state index contributed by atoms with van der Waals surface area (Å²) in [7, 11) is 1.67. The van der Waals surface area contributed by atoms with Gasteiger partial charge in [-0.2, -0.15) is 0 Å². The van der Waals surface area contributed by atoms with E-state index >= 15 is 0 Å². The van der Waals surface area contributed by atoms with E-state index in [-0.39, 0.29) is 30.1 Å². The number of ether oxygens (including phenoxy) is 1. The van der Waals surface area contributed by atoms with Gasteiger partial charge in [0.2, 0.25) is 0 Å². The monoisotopic (exact) mass is 476 g/mol. The number of likely N-dealkylation sites (tertiary alicyclic amines) is 1. The van der Waals surface area contributed by atoms with Crippen LogP contribution in [0.2, 0.25) is 0 Å². The summed E-state index contributed by atoms with van der Waals surface area (Å²) in [5, 5.41) is 16.2. The number of benzene rings is 1. The summed E-state index contributed by atoms with van der Waals surface area (Å²) in [5.41, 5.74) is 1.16. The average molecular weight is 476 g/mol. The van der Waals surface area contributed by atoms with Gasteiger partial charge in [-0.1, -0.05) is 12.1 Å². The number of hydrogen-bond donors (Lipinski definition) is 3. The summed E-state index contributed by atoms with van der Waals surface area (Å²) < 4.78 is 5.18. The van der Waals surface area contributed by atoms with Crippen LogP contribution in [-0.4, -0.2) is 61.9 Å². The molecule has 0 bridgehead atoms. The van der Waals surface area contributed by atoms with Gasteiger partial charge in [0.1, 0.15) is 5.75 Å². The van der Waals surface area contributed by atoms with Crippen LogP contribution < -0.4 is 15.4 Å². The molecule has 26 heavy (non-hydrogen) atoms. The molecule has 6 nitrogen and oxygen atoms in total. The lowest BCUT2D eigenvalue weighted by molar-refractivity contribution is 0.0823. The van der Waals surface area contributed by atoms with Crippen molar-refractivity contribution in [1.29, 1.82) is 0 Å². The van der Waals surface area contributed by atoms with Gasteiger partial charge in [-0.25, -0.2) is 4.99 Å². The van der Waals surface area contributed by atoms with Gasteiger partial charge in [0.05, 0.1) is 19.8 Å². The standard InChI is InChI=1S/C19H32N4O2.HI/c1-3-20-19(22-15-16-5-7-18(25-2)8-6-16)21-11-4-12-23-13-9-17(24)10-14-23;/h5-8,17,24H,3-4,9-15H2,1-2H3,(H2,20,21,22);1H. The fourth-order valence-electron chi connectivity index (χ4n) is 2.90. The molecule has 1 saturated heterocycles. The molecule has 0 saturated carbocycles. The van der Waals surface area contributed by atoms with E-state index in [0.717, 1.165) is 69.3 Å². The molecule has 0 aromatic heterocycles. The zero-order valence-electron chi connectivity index (χ0n) is 15.9. The predicted octanol–water partition coefficient (Wildman–Crippen LogP) is 2.22. The number of methoxy groups -OCH3 is 1. The Hall–Kier alpha value is -1.06. The van der Waals surface area contributed by atoms with Crippen molar-refractivity contribution in [3.05, 3.63) is 29.8 Å². The molecule has 0 spiro atoms. The quantitative estimate of drug-likeness (QED) is 0.232. The van der Waals surface area contributed by atoms with Crippen LogP contribution >= 0.6 is 24.0 Å². The Bertz CT molecular complexity index is 517. The molecule has 0 amide bonds. The van der Waals surface area contributed by atoms with Crippen LogP contribution in [0.4, 0.5) is 0 Å². The van der Waals surface area contributed by atoms with Gasteiger partial charge in [0, 0.05) is 26.2 Å². The van der Waals surface area contributed by atoms with Gasteiger partial charge in [-0.15, -0.1) is 24.0 Å². The fraction of sp³-hybridized carbons (Fsp3) is 0.632.